The molecule has 2 aromatic heterocycles. The van der Waals surface area contributed by atoms with Crippen LogP contribution in [0.15, 0.2) is 64.2 Å². The first-order valence-electron chi connectivity index (χ1n) is 8.72. The Bertz CT molecular complexity index is 1200. The molecule has 0 atom stereocenters. The number of anilines is 2. The van der Waals surface area contributed by atoms with E-state index in [0.717, 1.165) is 33.7 Å². The zero-order valence-electron chi connectivity index (χ0n) is 14.7. The summed E-state index contributed by atoms with van der Waals surface area (Å²) in [5.74, 6) is 0.481. The number of fused-ring (bicyclic) bond motifs is 1. The molecule has 3 heterocycles. The molecule has 0 radical (unpaired) electrons. The molecule has 28 heavy (non-hydrogen) atoms. The number of nitrogens with one attached hydrogen (secondary N) is 2. The predicted molar refractivity (Wildman–Crippen MR) is 111 cm³/mol. The summed E-state index contributed by atoms with van der Waals surface area (Å²) in [5, 5.41) is 14.9. The smallest absolute Gasteiger partial charge is 0.229 e. The number of aromatic nitrogens is 5. The number of aliphatic imine (C=N–C) groups is 1. The van der Waals surface area contributed by atoms with Crippen LogP contribution < -0.4 is 10.6 Å². The van der Waals surface area contributed by atoms with Gasteiger partial charge in [-0.1, -0.05) is 39.3 Å². The zero-order chi connectivity index (χ0) is 18.9. The standard InChI is InChI=1S/C19H15BrN8/c20-13-4-2-6-15(8-13)28-18-17(26-27-28)10-22-19(25-18)24-14-5-1-3-12(7-14)16-9-21-11-23-16/h1-8,10,21H,9,11H2,(H,22,24,25). The quantitative estimate of drug-likeness (QED) is 0.512. The first kappa shape index (κ1) is 17.0. The Labute approximate surface area is 168 Å². The van der Waals surface area contributed by atoms with E-state index in [1.807, 2.05) is 48.5 Å². The summed E-state index contributed by atoms with van der Waals surface area (Å²) >= 11 is 3.48. The van der Waals surface area contributed by atoms with Crippen molar-refractivity contribution in [2.75, 3.05) is 18.5 Å². The number of benzene rings is 2. The molecule has 138 valence electrons. The number of nitrogens with zero attached hydrogens (tertiary/aromatic N) is 6. The maximum Gasteiger partial charge on any atom is 0.229 e. The van der Waals surface area contributed by atoms with Crippen LogP contribution in [0, 0.1) is 0 Å². The van der Waals surface area contributed by atoms with E-state index in [9.17, 15) is 0 Å². The lowest BCUT2D eigenvalue weighted by Crippen LogP contribution is -2.14. The molecule has 0 aliphatic carbocycles. The van der Waals surface area contributed by atoms with Gasteiger partial charge in [-0.25, -0.2) is 4.98 Å². The molecule has 0 unspecified atom stereocenters. The summed E-state index contributed by atoms with van der Waals surface area (Å²) < 4.78 is 2.66. The van der Waals surface area contributed by atoms with E-state index >= 15 is 0 Å². The maximum absolute atomic E-state index is 4.62. The molecule has 0 saturated heterocycles. The molecule has 2 N–H and O–H groups in total. The molecule has 1 aliphatic rings. The second-order valence-electron chi connectivity index (χ2n) is 6.28. The molecular formula is C19H15BrN8. The van der Waals surface area contributed by atoms with Gasteiger partial charge in [-0.15, -0.1) is 5.10 Å². The maximum atomic E-state index is 4.62. The van der Waals surface area contributed by atoms with Crippen molar-refractivity contribution in [3.8, 4) is 5.69 Å². The lowest BCUT2D eigenvalue weighted by atomic mass is 10.1. The Morgan fingerprint density at radius 2 is 2.04 bits per heavy atom. The van der Waals surface area contributed by atoms with Crippen molar-refractivity contribution in [1.29, 1.82) is 0 Å². The minimum Gasteiger partial charge on any atom is -0.324 e. The van der Waals surface area contributed by atoms with Gasteiger partial charge in [-0.3, -0.25) is 10.3 Å². The van der Waals surface area contributed by atoms with Crippen molar-refractivity contribution < 1.29 is 0 Å². The van der Waals surface area contributed by atoms with Crippen molar-refractivity contribution in [2.24, 2.45) is 4.99 Å². The van der Waals surface area contributed by atoms with E-state index in [-0.39, 0.29) is 0 Å². The molecule has 0 spiro atoms. The zero-order valence-corrected chi connectivity index (χ0v) is 16.3. The third kappa shape index (κ3) is 3.25. The summed E-state index contributed by atoms with van der Waals surface area (Å²) in [7, 11) is 0. The molecule has 2 aromatic carbocycles. The second kappa shape index (κ2) is 7.10. The molecule has 9 heteroatoms. The fourth-order valence-electron chi connectivity index (χ4n) is 3.05. The van der Waals surface area contributed by atoms with E-state index in [1.54, 1.807) is 10.9 Å². The van der Waals surface area contributed by atoms with Crippen LogP contribution >= 0.6 is 15.9 Å². The Balaban J connectivity index is 1.49. The summed E-state index contributed by atoms with van der Waals surface area (Å²) in [4.78, 5) is 13.4. The average Bonchev–Trinajstić information content (AvgIpc) is 3.38. The Morgan fingerprint density at radius 1 is 1.11 bits per heavy atom. The lowest BCUT2D eigenvalue weighted by molar-refractivity contribution is 0.817. The molecule has 0 saturated carbocycles. The third-order valence-corrected chi connectivity index (χ3v) is 4.86. The highest BCUT2D eigenvalue weighted by atomic mass is 79.9. The average molecular weight is 435 g/mol. The minimum absolute atomic E-state index is 0.481. The van der Waals surface area contributed by atoms with Crippen LogP contribution in [0.2, 0.25) is 0 Å². The molecule has 8 nitrogen and oxygen atoms in total. The Kier molecular flexibility index (Phi) is 4.30. The van der Waals surface area contributed by atoms with Crippen LogP contribution in [-0.2, 0) is 0 Å². The first-order chi connectivity index (χ1) is 13.8. The highest BCUT2D eigenvalue weighted by Gasteiger charge is 2.12. The number of halogens is 1. The van der Waals surface area contributed by atoms with E-state index in [1.165, 1.54) is 0 Å². The van der Waals surface area contributed by atoms with E-state index < -0.39 is 0 Å². The summed E-state index contributed by atoms with van der Waals surface area (Å²) in [6.07, 6.45) is 1.67. The van der Waals surface area contributed by atoms with Gasteiger partial charge in [0.05, 0.1) is 24.3 Å². The molecule has 5 rings (SSSR count). The van der Waals surface area contributed by atoms with Gasteiger partial charge in [0, 0.05) is 16.7 Å². The van der Waals surface area contributed by atoms with Gasteiger partial charge in [0.1, 0.15) is 0 Å². The van der Waals surface area contributed by atoms with Crippen molar-refractivity contribution in [3.05, 3.63) is 64.8 Å². The number of rotatable bonds is 4. The van der Waals surface area contributed by atoms with Gasteiger partial charge in [0.2, 0.25) is 5.95 Å². The second-order valence-corrected chi connectivity index (χ2v) is 7.19. The number of hydrogen-bond donors (Lipinski definition) is 2. The normalized spacial score (nSPS) is 13.7. The first-order valence-corrected chi connectivity index (χ1v) is 9.51. The molecule has 4 aromatic rings. The third-order valence-electron chi connectivity index (χ3n) is 4.37. The largest absolute Gasteiger partial charge is 0.324 e. The van der Waals surface area contributed by atoms with Crippen LogP contribution in [0.4, 0.5) is 11.6 Å². The predicted octanol–water partition coefficient (Wildman–Crippen LogP) is 3.07. The van der Waals surface area contributed by atoms with Gasteiger partial charge in [0.25, 0.3) is 0 Å². The Hall–Kier alpha value is -3.17. The van der Waals surface area contributed by atoms with Crippen molar-refractivity contribution >= 4 is 44.4 Å². The van der Waals surface area contributed by atoms with Crippen LogP contribution in [0.5, 0.6) is 0 Å². The van der Waals surface area contributed by atoms with Crippen molar-refractivity contribution in [3.63, 3.8) is 0 Å². The van der Waals surface area contributed by atoms with Gasteiger partial charge in [0.15, 0.2) is 11.2 Å². The summed E-state index contributed by atoms with van der Waals surface area (Å²) in [6, 6.07) is 15.9. The molecule has 1 aliphatic heterocycles. The van der Waals surface area contributed by atoms with Gasteiger partial charge in [-0.2, -0.15) is 9.67 Å². The van der Waals surface area contributed by atoms with E-state index in [4.69, 9.17) is 0 Å². The topological polar surface area (TPSA) is 92.9 Å². The molecular weight excluding hydrogens is 420 g/mol. The Morgan fingerprint density at radius 3 is 2.89 bits per heavy atom. The van der Waals surface area contributed by atoms with Crippen LogP contribution in [-0.4, -0.2) is 43.9 Å². The molecule has 0 amide bonds. The SMILES string of the molecule is Brc1cccc(-n2nnc3cnc(Nc4cccc(C5=NCNC5)c4)nc32)c1. The van der Waals surface area contributed by atoms with E-state index in [0.29, 0.717) is 23.8 Å². The summed E-state index contributed by atoms with van der Waals surface area (Å²) in [5.41, 5.74) is 5.17. The van der Waals surface area contributed by atoms with Gasteiger partial charge in [-0.05, 0) is 35.9 Å². The van der Waals surface area contributed by atoms with Crippen LogP contribution in [0.1, 0.15) is 5.56 Å². The fraction of sp³-hybridized carbons (Fsp3) is 0.105. The molecule has 0 fully saturated rings. The van der Waals surface area contributed by atoms with Gasteiger partial charge < -0.3 is 5.32 Å². The van der Waals surface area contributed by atoms with E-state index in [2.05, 4.69) is 51.8 Å². The summed E-state index contributed by atoms with van der Waals surface area (Å²) in [6.45, 7) is 1.45. The van der Waals surface area contributed by atoms with Gasteiger partial charge >= 0.3 is 0 Å². The minimum atomic E-state index is 0.481. The van der Waals surface area contributed by atoms with Crippen molar-refractivity contribution in [1.82, 2.24) is 30.3 Å². The highest BCUT2D eigenvalue weighted by molar-refractivity contribution is 9.10. The fourth-order valence-corrected chi connectivity index (χ4v) is 3.44. The monoisotopic (exact) mass is 434 g/mol. The van der Waals surface area contributed by atoms with Crippen LogP contribution in [0.25, 0.3) is 16.9 Å². The van der Waals surface area contributed by atoms with Crippen LogP contribution in [0.3, 0.4) is 0 Å². The molecule has 0 bridgehead atoms. The lowest BCUT2D eigenvalue weighted by Gasteiger charge is -2.08. The highest BCUT2D eigenvalue weighted by Crippen LogP contribution is 2.21. The number of hydrogen-bond acceptors (Lipinski definition) is 7. The van der Waals surface area contributed by atoms with Crippen molar-refractivity contribution in [2.45, 2.75) is 0 Å².